The minimum atomic E-state index is 0.156. The molecule has 122 valence electrons. The average molecular weight is 307 g/mol. The summed E-state index contributed by atoms with van der Waals surface area (Å²) in [4.78, 5) is 13.7. The van der Waals surface area contributed by atoms with Gasteiger partial charge in [0.2, 0.25) is 5.91 Å². The first-order valence-electron chi connectivity index (χ1n) is 7.63. The number of piperidine rings is 1. The lowest BCUT2D eigenvalue weighted by Gasteiger charge is -2.33. The first-order chi connectivity index (χ1) is 10.7. The SMILES string of the molecule is COc1cc(NC2CCN(C(=O)CCN)CC2)cc(OC)c1. The van der Waals surface area contributed by atoms with Gasteiger partial charge in [0.1, 0.15) is 11.5 Å². The zero-order valence-electron chi connectivity index (χ0n) is 13.3. The van der Waals surface area contributed by atoms with Crippen LogP contribution in [0.1, 0.15) is 19.3 Å². The molecule has 1 fully saturated rings. The molecule has 0 saturated carbocycles. The number of rotatable bonds is 6. The lowest BCUT2D eigenvalue weighted by Crippen LogP contribution is -2.42. The Hall–Kier alpha value is -1.95. The monoisotopic (exact) mass is 307 g/mol. The van der Waals surface area contributed by atoms with Crippen LogP contribution >= 0.6 is 0 Å². The number of anilines is 1. The van der Waals surface area contributed by atoms with E-state index in [0.29, 0.717) is 19.0 Å². The van der Waals surface area contributed by atoms with Crippen molar-refractivity contribution in [2.75, 3.05) is 39.2 Å². The summed E-state index contributed by atoms with van der Waals surface area (Å²) in [6.45, 7) is 1.97. The van der Waals surface area contributed by atoms with Crippen molar-refractivity contribution in [1.29, 1.82) is 0 Å². The molecule has 3 N–H and O–H groups in total. The Labute approximate surface area is 131 Å². The van der Waals surface area contributed by atoms with Crippen LogP contribution in [0, 0.1) is 0 Å². The van der Waals surface area contributed by atoms with E-state index < -0.39 is 0 Å². The Balaban J connectivity index is 1.92. The molecule has 0 unspecified atom stereocenters. The van der Waals surface area contributed by atoms with Crippen molar-refractivity contribution in [2.45, 2.75) is 25.3 Å². The van der Waals surface area contributed by atoms with Gasteiger partial charge >= 0.3 is 0 Å². The summed E-state index contributed by atoms with van der Waals surface area (Å²) in [7, 11) is 3.28. The van der Waals surface area contributed by atoms with Crippen molar-refractivity contribution in [1.82, 2.24) is 4.90 Å². The fraction of sp³-hybridized carbons (Fsp3) is 0.562. The second kappa shape index (κ2) is 7.89. The van der Waals surface area contributed by atoms with Crippen LogP contribution in [0.2, 0.25) is 0 Å². The number of methoxy groups -OCH3 is 2. The van der Waals surface area contributed by atoms with E-state index in [1.54, 1.807) is 14.2 Å². The maximum atomic E-state index is 11.8. The first-order valence-corrected chi connectivity index (χ1v) is 7.63. The summed E-state index contributed by atoms with van der Waals surface area (Å²) in [5.74, 6) is 1.68. The van der Waals surface area contributed by atoms with Gasteiger partial charge in [0.05, 0.1) is 14.2 Å². The van der Waals surface area contributed by atoms with Gasteiger partial charge in [0.25, 0.3) is 0 Å². The molecule has 1 aliphatic heterocycles. The van der Waals surface area contributed by atoms with Gasteiger partial charge in [-0.2, -0.15) is 0 Å². The molecule has 1 saturated heterocycles. The molecular weight excluding hydrogens is 282 g/mol. The Morgan fingerprint density at radius 2 is 1.82 bits per heavy atom. The lowest BCUT2D eigenvalue weighted by molar-refractivity contribution is -0.131. The van der Waals surface area contributed by atoms with Crippen LogP contribution in [-0.2, 0) is 4.79 Å². The number of carbonyl (C=O) groups excluding carboxylic acids is 1. The molecule has 1 heterocycles. The minimum Gasteiger partial charge on any atom is -0.497 e. The molecule has 1 aromatic rings. The molecular formula is C16H25N3O3. The van der Waals surface area contributed by atoms with Crippen LogP contribution < -0.4 is 20.5 Å². The number of nitrogens with two attached hydrogens (primary N) is 1. The molecule has 22 heavy (non-hydrogen) atoms. The number of nitrogens with zero attached hydrogens (tertiary/aromatic N) is 1. The number of ether oxygens (including phenoxy) is 2. The molecule has 0 aliphatic carbocycles. The summed E-state index contributed by atoms with van der Waals surface area (Å²) < 4.78 is 10.6. The summed E-state index contributed by atoms with van der Waals surface area (Å²) in [5, 5.41) is 3.50. The second-order valence-electron chi connectivity index (χ2n) is 5.44. The number of hydrogen-bond acceptors (Lipinski definition) is 5. The van der Waals surface area contributed by atoms with Gasteiger partial charge in [0, 0.05) is 56.0 Å². The molecule has 1 amide bonds. The molecule has 1 aromatic carbocycles. The largest absolute Gasteiger partial charge is 0.497 e. The molecule has 0 radical (unpaired) electrons. The van der Waals surface area contributed by atoms with Crippen molar-refractivity contribution < 1.29 is 14.3 Å². The van der Waals surface area contributed by atoms with Crippen LogP contribution in [-0.4, -0.2) is 50.7 Å². The van der Waals surface area contributed by atoms with Crippen molar-refractivity contribution >= 4 is 11.6 Å². The van der Waals surface area contributed by atoms with Crippen LogP contribution in [0.25, 0.3) is 0 Å². The molecule has 0 atom stereocenters. The van der Waals surface area contributed by atoms with E-state index in [1.165, 1.54) is 0 Å². The van der Waals surface area contributed by atoms with E-state index in [0.717, 1.165) is 43.1 Å². The Morgan fingerprint density at radius 3 is 2.32 bits per heavy atom. The Bertz CT molecular complexity index is 477. The Kier molecular flexibility index (Phi) is 5.89. The standard InChI is InChI=1S/C16H25N3O3/c1-21-14-9-13(10-15(11-14)22-2)18-12-4-7-19(8-5-12)16(20)3-6-17/h9-12,18H,3-8,17H2,1-2H3. The van der Waals surface area contributed by atoms with Crippen LogP contribution in [0.15, 0.2) is 18.2 Å². The number of nitrogens with one attached hydrogen (secondary N) is 1. The highest BCUT2D eigenvalue weighted by Crippen LogP contribution is 2.27. The van der Waals surface area contributed by atoms with E-state index in [4.69, 9.17) is 15.2 Å². The number of carbonyl (C=O) groups is 1. The summed E-state index contributed by atoms with van der Waals surface area (Å²) >= 11 is 0. The van der Waals surface area contributed by atoms with Gasteiger partial charge in [-0.1, -0.05) is 0 Å². The highest BCUT2D eigenvalue weighted by molar-refractivity contribution is 5.76. The second-order valence-corrected chi connectivity index (χ2v) is 5.44. The topological polar surface area (TPSA) is 76.8 Å². The zero-order chi connectivity index (χ0) is 15.9. The van der Waals surface area contributed by atoms with Crippen LogP contribution in [0.3, 0.4) is 0 Å². The van der Waals surface area contributed by atoms with Gasteiger partial charge in [-0.15, -0.1) is 0 Å². The van der Waals surface area contributed by atoms with Crippen molar-refractivity contribution in [3.8, 4) is 11.5 Å². The minimum absolute atomic E-state index is 0.156. The fourth-order valence-electron chi connectivity index (χ4n) is 2.68. The third-order valence-corrected chi connectivity index (χ3v) is 3.93. The Morgan fingerprint density at radius 1 is 1.23 bits per heavy atom. The molecule has 0 bridgehead atoms. The van der Waals surface area contributed by atoms with Gasteiger partial charge in [0.15, 0.2) is 0 Å². The number of amides is 1. The van der Waals surface area contributed by atoms with Gasteiger partial charge in [-0.05, 0) is 12.8 Å². The average Bonchev–Trinajstić information content (AvgIpc) is 2.55. The zero-order valence-corrected chi connectivity index (χ0v) is 13.3. The summed E-state index contributed by atoms with van der Waals surface area (Å²) in [5.41, 5.74) is 6.41. The van der Waals surface area contributed by atoms with Gasteiger partial charge in [-0.3, -0.25) is 4.79 Å². The number of likely N-dealkylation sites (tertiary alicyclic amines) is 1. The van der Waals surface area contributed by atoms with Gasteiger partial charge < -0.3 is 25.4 Å². The highest BCUT2D eigenvalue weighted by Gasteiger charge is 2.22. The maximum Gasteiger partial charge on any atom is 0.223 e. The van der Waals surface area contributed by atoms with Gasteiger partial charge in [-0.25, -0.2) is 0 Å². The van der Waals surface area contributed by atoms with Crippen molar-refractivity contribution in [3.63, 3.8) is 0 Å². The third kappa shape index (κ3) is 4.27. The fourth-order valence-corrected chi connectivity index (χ4v) is 2.68. The van der Waals surface area contributed by atoms with Crippen LogP contribution in [0.5, 0.6) is 11.5 Å². The molecule has 6 heteroatoms. The lowest BCUT2D eigenvalue weighted by atomic mass is 10.0. The molecule has 6 nitrogen and oxygen atoms in total. The quantitative estimate of drug-likeness (QED) is 0.832. The van der Waals surface area contributed by atoms with E-state index in [2.05, 4.69) is 5.32 Å². The van der Waals surface area contributed by atoms with E-state index in [9.17, 15) is 4.79 Å². The van der Waals surface area contributed by atoms with Crippen molar-refractivity contribution in [2.24, 2.45) is 5.73 Å². The summed E-state index contributed by atoms with van der Waals surface area (Å²) in [6, 6.07) is 6.10. The third-order valence-electron chi connectivity index (χ3n) is 3.93. The predicted molar refractivity (Wildman–Crippen MR) is 86.4 cm³/mol. The predicted octanol–water partition coefficient (Wildman–Crippen LogP) is 1.46. The molecule has 0 spiro atoms. The van der Waals surface area contributed by atoms with E-state index in [-0.39, 0.29) is 5.91 Å². The highest BCUT2D eigenvalue weighted by atomic mass is 16.5. The molecule has 1 aliphatic rings. The molecule has 0 aromatic heterocycles. The normalized spacial score (nSPS) is 15.5. The summed E-state index contributed by atoms with van der Waals surface area (Å²) in [6.07, 6.45) is 2.29. The van der Waals surface area contributed by atoms with E-state index >= 15 is 0 Å². The molecule has 2 rings (SSSR count). The smallest absolute Gasteiger partial charge is 0.223 e. The van der Waals surface area contributed by atoms with Crippen molar-refractivity contribution in [3.05, 3.63) is 18.2 Å². The first kappa shape index (κ1) is 16.4. The number of benzene rings is 1. The number of hydrogen-bond donors (Lipinski definition) is 2. The van der Waals surface area contributed by atoms with Crippen LogP contribution in [0.4, 0.5) is 5.69 Å². The van der Waals surface area contributed by atoms with E-state index in [1.807, 2.05) is 23.1 Å². The maximum absolute atomic E-state index is 11.8.